The number of unbranched alkanes of at least 4 members (excludes halogenated alkanes) is 1. The molecule has 2 unspecified atom stereocenters. The predicted molar refractivity (Wildman–Crippen MR) is 76.5 cm³/mol. The van der Waals surface area contributed by atoms with Crippen molar-refractivity contribution in [3.05, 3.63) is 0 Å². The molecule has 0 fully saturated rings. The highest BCUT2D eigenvalue weighted by atomic mass is 16.5. The Balaban J connectivity index is 3.47. The number of aliphatic hydroxyl groups is 1. The molecule has 0 aromatic rings. The zero-order valence-electron chi connectivity index (χ0n) is 12.0. The van der Waals surface area contributed by atoms with Crippen LogP contribution in [0.3, 0.4) is 0 Å². The molecule has 0 amide bonds. The molecule has 2 N–H and O–H groups in total. The zero-order chi connectivity index (χ0) is 13.6. The molecule has 18 heavy (non-hydrogen) atoms. The van der Waals surface area contributed by atoms with E-state index in [1.165, 1.54) is 19.3 Å². The fourth-order valence-corrected chi connectivity index (χ4v) is 1.76. The monoisotopic (exact) mass is 255 g/mol. The van der Waals surface area contributed by atoms with Gasteiger partial charge in [-0.05, 0) is 12.3 Å². The van der Waals surface area contributed by atoms with Gasteiger partial charge in [-0.3, -0.25) is 0 Å². The summed E-state index contributed by atoms with van der Waals surface area (Å²) in [6.45, 7) is 6.87. The van der Waals surface area contributed by atoms with Gasteiger partial charge in [-0.1, -0.05) is 33.1 Å². The molecule has 0 aliphatic rings. The molecule has 3 nitrogen and oxygen atoms in total. The van der Waals surface area contributed by atoms with Crippen LogP contribution < -0.4 is 5.32 Å². The maximum absolute atomic E-state index is 9.67. The second-order valence-corrected chi connectivity index (χ2v) is 4.77. The van der Waals surface area contributed by atoms with Crippen molar-refractivity contribution in [2.75, 3.05) is 26.3 Å². The van der Waals surface area contributed by atoms with Gasteiger partial charge in [0.1, 0.15) is 0 Å². The average molecular weight is 255 g/mol. The summed E-state index contributed by atoms with van der Waals surface area (Å²) in [6.07, 6.45) is 10.3. The summed E-state index contributed by atoms with van der Waals surface area (Å²) in [4.78, 5) is 0. The number of terminal acetylenes is 1. The van der Waals surface area contributed by atoms with Crippen LogP contribution in [0.1, 0.15) is 46.0 Å². The SMILES string of the molecule is C#CCCNCC(O)COCC(CC)CCCC. The molecule has 0 radical (unpaired) electrons. The minimum Gasteiger partial charge on any atom is -0.389 e. The van der Waals surface area contributed by atoms with Crippen molar-refractivity contribution in [2.45, 2.75) is 52.1 Å². The second-order valence-electron chi connectivity index (χ2n) is 4.77. The molecular weight excluding hydrogens is 226 g/mol. The van der Waals surface area contributed by atoms with Crippen molar-refractivity contribution >= 4 is 0 Å². The van der Waals surface area contributed by atoms with E-state index in [1.807, 2.05) is 0 Å². The summed E-state index contributed by atoms with van der Waals surface area (Å²) < 4.78 is 5.57. The van der Waals surface area contributed by atoms with Crippen molar-refractivity contribution in [1.82, 2.24) is 5.32 Å². The highest BCUT2D eigenvalue weighted by Gasteiger charge is 2.08. The normalized spacial score (nSPS) is 14.1. The van der Waals surface area contributed by atoms with E-state index in [4.69, 9.17) is 11.2 Å². The maximum Gasteiger partial charge on any atom is 0.0897 e. The third-order valence-electron chi connectivity index (χ3n) is 3.03. The van der Waals surface area contributed by atoms with Crippen molar-refractivity contribution in [3.63, 3.8) is 0 Å². The summed E-state index contributed by atoms with van der Waals surface area (Å²) in [5.74, 6) is 3.18. The topological polar surface area (TPSA) is 41.5 Å². The van der Waals surface area contributed by atoms with E-state index in [1.54, 1.807) is 0 Å². The van der Waals surface area contributed by atoms with Gasteiger partial charge in [0.2, 0.25) is 0 Å². The molecule has 2 atom stereocenters. The molecule has 0 bridgehead atoms. The number of rotatable bonds is 12. The Hall–Kier alpha value is -0.560. The van der Waals surface area contributed by atoms with Crippen LogP contribution in [-0.4, -0.2) is 37.5 Å². The third-order valence-corrected chi connectivity index (χ3v) is 3.03. The maximum atomic E-state index is 9.67. The van der Waals surface area contributed by atoms with E-state index in [-0.39, 0.29) is 0 Å². The van der Waals surface area contributed by atoms with E-state index >= 15 is 0 Å². The first-order chi connectivity index (χ1) is 8.74. The lowest BCUT2D eigenvalue weighted by Gasteiger charge is -2.17. The predicted octanol–water partition coefficient (Wildman–Crippen LogP) is 2.19. The van der Waals surface area contributed by atoms with Crippen LogP contribution in [0, 0.1) is 18.3 Å². The van der Waals surface area contributed by atoms with Crippen LogP contribution >= 0.6 is 0 Å². The zero-order valence-corrected chi connectivity index (χ0v) is 12.0. The van der Waals surface area contributed by atoms with Crippen LogP contribution in [0.25, 0.3) is 0 Å². The van der Waals surface area contributed by atoms with Crippen LogP contribution in [-0.2, 0) is 4.74 Å². The fourth-order valence-electron chi connectivity index (χ4n) is 1.76. The summed E-state index contributed by atoms with van der Waals surface area (Å²) in [5, 5.41) is 12.8. The van der Waals surface area contributed by atoms with Crippen LogP contribution in [0.2, 0.25) is 0 Å². The number of aliphatic hydroxyl groups excluding tert-OH is 1. The van der Waals surface area contributed by atoms with E-state index in [0.717, 1.165) is 19.6 Å². The van der Waals surface area contributed by atoms with Crippen LogP contribution in [0.15, 0.2) is 0 Å². The molecule has 0 aromatic heterocycles. The van der Waals surface area contributed by atoms with Gasteiger partial charge in [0.05, 0.1) is 12.7 Å². The van der Waals surface area contributed by atoms with Gasteiger partial charge in [0.25, 0.3) is 0 Å². The van der Waals surface area contributed by atoms with Crippen molar-refractivity contribution < 1.29 is 9.84 Å². The van der Waals surface area contributed by atoms with E-state index in [2.05, 4.69) is 25.1 Å². The first-order valence-electron chi connectivity index (χ1n) is 7.14. The highest BCUT2D eigenvalue weighted by molar-refractivity contribution is 4.84. The number of ether oxygens (including phenoxy) is 1. The summed E-state index contributed by atoms with van der Waals surface area (Å²) in [7, 11) is 0. The van der Waals surface area contributed by atoms with Gasteiger partial charge in [0, 0.05) is 26.1 Å². The lowest BCUT2D eigenvalue weighted by Crippen LogP contribution is -2.31. The molecule has 0 aromatic carbocycles. The first-order valence-corrected chi connectivity index (χ1v) is 7.14. The summed E-state index contributed by atoms with van der Waals surface area (Å²) >= 11 is 0. The van der Waals surface area contributed by atoms with Crippen molar-refractivity contribution in [1.29, 1.82) is 0 Å². The smallest absolute Gasteiger partial charge is 0.0897 e. The van der Waals surface area contributed by atoms with Crippen molar-refractivity contribution in [3.8, 4) is 12.3 Å². The Kier molecular flexibility index (Phi) is 12.5. The number of hydrogen-bond donors (Lipinski definition) is 2. The Morgan fingerprint density at radius 3 is 2.72 bits per heavy atom. The minimum atomic E-state index is -0.438. The van der Waals surface area contributed by atoms with Gasteiger partial charge in [-0.15, -0.1) is 12.3 Å². The Bertz CT molecular complexity index is 213. The van der Waals surface area contributed by atoms with Gasteiger partial charge in [0.15, 0.2) is 0 Å². The quantitative estimate of drug-likeness (QED) is 0.415. The molecule has 0 saturated carbocycles. The first kappa shape index (κ1) is 17.4. The summed E-state index contributed by atoms with van der Waals surface area (Å²) in [5.41, 5.74) is 0. The van der Waals surface area contributed by atoms with E-state index < -0.39 is 6.10 Å². The number of nitrogens with one attached hydrogen (secondary N) is 1. The van der Waals surface area contributed by atoms with Gasteiger partial charge < -0.3 is 15.2 Å². The Labute approximate surface area is 112 Å². The van der Waals surface area contributed by atoms with E-state index in [9.17, 15) is 5.11 Å². The van der Waals surface area contributed by atoms with Gasteiger partial charge in [-0.2, -0.15) is 0 Å². The molecule has 0 spiro atoms. The molecule has 0 heterocycles. The Morgan fingerprint density at radius 1 is 1.33 bits per heavy atom. The second kappa shape index (κ2) is 12.9. The molecule has 0 saturated heterocycles. The molecule has 0 aliphatic carbocycles. The minimum absolute atomic E-state index is 0.408. The molecule has 0 aliphatic heterocycles. The standard InChI is InChI=1S/C15H29NO2/c1-4-7-9-14(6-3)12-18-13-15(17)11-16-10-8-5-2/h2,14-17H,4,6-13H2,1,3H3. The third kappa shape index (κ3) is 10.6. The molecular formula is C15H29NO2. The van der Waals surface area contributed by atoms with Crippen molar-refractivity contribution in [2.24, 2.45) is 5.92 Å². The lowest BCUT2D eigenvalue weighted by molar-refractivity contribution is 0.0195. The highest BCUT2D eigenvalue weighted by Crippen LogP contribution is 2.12. The molecule has 0 rings (SSSR count). The summed E-state index contributed by atoms with van der Waals surface area (Å²) in [6, 6.07) is 0. The lowest BCUT2D eigenvalue weighted by atomic mass is 10.0. The largest absolute Gasteiger partial charge is 0.389 e. The molecule has 106 valence electrons. The fraction of sp³-hybridized carbons (Fsp3) is 0.867. The average Bonchev–Trinajstić information content (AvgIpc) is 2.38. The van der Waals surface area contributed by atoms with Crippen LogP contribution in [0.4, 0.5) is 0 Å². The van der Waals surface area contributed by atoms with Gasteiger partial charge in [-0.25, -0.2) is 0 Å². The van der Waals surface area contributed by atoms with Crippen LogP contribution in [0.5, 0.6) is 0 Å². The Morgan fingerprint density at radius 2 is 2.11 bits per heavy atom. The number of hydrogen-bond acceptors (Lipinski definition) is 3. The van der Waals surface area contributed by atoms with Gasteiger partial charge >= 0.3 is 0 Å². The molecule has 3 heteroatoms. The van der Waals surface area contributed by atoms with E-state index in [0.29, 0.717) is 25.5 Å².